The number of aliphatic hydroxyl groups is 2. The lowest BCUT2D eigenvalue weighted by atomic mass is 10.1. The van der Waals surface area contributed by atoms with Crippen LogP contribution in [0.3, 0.4) is 0 Å². The van der Waals surface area contributed by atoms with Gasteiger partial charge in [0, 0.05) is 6.08 Å². The molecule has 0 radical (unpaired) electrons. The van der Waals surface area contributed by atoms with Gasteiger partial charge in [0.15, 0.2) is 5.78 Å². The van der Waals surface area contributed by atoms with Gasteiger partial charge in [-0.25, -0.2) is 0 Å². The molecule has 3 nitrogen and oxygen atoms in total. The summed E-state index contributed by atoms with van der Waals surface area (Å²) in [6.45, 7) is 5.00. The van der Waals surface area contributed by atoms with Gasteiger partial charge in [-0.1, -0.05) is 18.7 Å². The third-order valence-corrected chi connectivity index (χ3v) is 1.33. The van der Waals surface area contributed by atoms with E-state index in [4.69, 9.17) is 5.11 Å². The molecule has 0 unspecified atom stereocenters. The van der Waals surface area contributed by atoms with Crippen LogP contribution in [0.4, 0.5) is 0 Å². The molecule has 0 fully saturated rings. The summed E-state index contributed by atoms with van der Waals surface area (Å²) in [7, 11) is 0. The van der Waals surface area contributed by atoms with Crippen LogP contribution >= 0.6 is 0 Å². The van der Waals surface area contributed by atoms with Crippen molar-refractivity contribution in [2.24, 2.45) is 0 Å². The topological polar surface area (TPSA) is 57.5 Å². The maximum atomic E-state index is 11.1. The lowest BCUT2D eigenvalue weighted by Gasteiger charge is -1.99. The van der Waals surface area contributed by atoms with E-state index in [1.165, 1.54) is 18.2 Å². The fraction of sp³-hybridized carbons (Fsp3) is 0.100. The Morgan fingerprint density at radius 1 is 1.46 bits per heavy atom. The highest BCUT2D eigenvalue weighted by atomic mass is 16.3. The van der Waals surface area contributed by atoms with E-state index >= 15 is 0 Å². The number of rotatable bonds is 4. The molecule has 0 spiro atoms. The van der Waals surface area contributed by atoms with Gasteiger partial charge in [0.1, 0.15) is 5.76 Å². The number of hydrogen-bond donors (Lipinski definition) is 2. The van der Waals surface area contributed by atoms with Gasteiger partial charge in [-0.2, -0.15) is 0 Å². The second-order valence-electron chi connectivity index (χ2n) is 2.17. The molecular weight excluding hydrogens is 168 g/mol. The second kappa shape index (κ2) is 5.83. The van der Waals surface area contributed by atoms with Crippen molar-refractivity contribution < 1.29 is 15.0 Å². The first-order valence-corrected chi connectivity index (χ1v) is 3.70. The molecule has 0 aromatic carbocycles. The Hall–Kier alpha value is -1.77. The summed E-state index contributed by atoms with van der Waals surface area (Å²) in [4.78, 5) is 11.1. The largest absolute Gasteiger partial charge is 0.515 e. The highest BCUT2D eigenvalue weighted by Crippen LogP contribution is 2.08. The molecule has 0 saturated heterocycles. The maximum absolute atomic E-state index is 11.1. The van der Waals surface area contributed by atoms with E-state index in [0.29, 0.717) is 6.26 Å². The van der Waals surface area contributed by atoms with Crippen LogP contribution in [0.15, 0.2) is 48.5 Å². The molecule has 3 heteroatoms. The first kappa shape index (κ1) is 11.2. The Kier molecular flexibility index (Phi) is 5.03. The van der Waals surface area contributed by atoms with Crippen molar-refractivity contribution in [1.82, 2.24) is 0 Å². The van der Waals surface area contributed by atoms with Crippen molar-refractivity contribution in [3.8, 4) is 0 Å². The smallest absolute Gasteiger partial charge is 0.192 e. The quantitative estimate of drug-likeness (QED) is 0.396. The number of aliphatic hydroxyl groups excluding tert-OH is 2. The number of allylic oxidation sites excluding steroid dienone is 5. The van der Waals surface area contributed by atoms with Gasteiger partial charge in [0.2, 0.25) is 0 Å². The van der Waals surface area contributed by atoms with Crippen LogP contribution in [0, 0.1) is 0 Å². The van der Waals surface area contributed by atoms with Crippen LogP contribution in [0.1, 0.15) is 6.92 Å². The first-order chi connectivity index (χ1) is 6.17. The minimum atomic E-state index is -0.458. The van der Waals surface area contributed by atoms with Gasteiger partial charge in [-0.05, 0) is 13.0 Å². The zero-order chi connectivity index (χ0) is 10.3. The third-order valence-electron chi connectivity index (χ3n) is 1.33. The summed E-state index contributed by atoms with van der Waals surface area (Å²) < 4.78 is 0. The van der Waals surface area contributed by atoms with Gasteiger partial charge in [0.25, 0.3) is 0 Å². The van der Waals surface area contributed by atoms with Crippen molar-refractivity contribution >= 4 is 5.78 Å². The monoisotopic (exact) mass is 180 g/mol. The molecule has 0 bridgehead atoms. The molecule has 0 aromatic rings. The van der Waals surface area contributed by atoms with Crippen molar-refractivity contribution in [1.29, 1.82) is 0 Å². The predicted molar refractivity (Wildman–Crippen MR) is 51.4 cm³/mol. The van der Waals surface area contributed by atoms with E-state index in [9.17, 15) is 9.90 Å². The van der Waals surface area contributed by atoms with Crippen molar-refractivity contribution in [3.05, 3.63) is 48.5 Å². The zero-order valence-corrected chi connectivity index (χ0v) is 7.40. The maximum Gasteiger partial charge on any atom is 0.192 e. The minimum Gasteiger partial charge on any atom is -0.515 e. The number of carbonyl (C=O) groups excluding carboxylic acids is 1. The Morgan fingerprint density at radius 3 is 2.46 bits per heavy atom. The summed E-state index contributed by atoms with van der Waals surface area (Å²) in [6.07, 6.45) is 5.72. The fourth-order valence-electron chi connectivity index (χ4n) is 0.775. The van der Waals surface area contributed by atoms with Gasteiger partial charge in [-0.15, -0.1) is 0 Å². The SMILES string of the molecule is C=C/C=C(O)\C(=C/C)C(=O)/C=C\O. The van der Waals surface area contributed by atoms with E-state index in [1.54, 1.807) is 6.92 Å². The Bertz CT molecular complexity index is 283. The summed E-state index contributed by atoms with van der Waals surface area (Å²) in [5, 5.41) is 17.6. The van der Waals surface area contributed by atoms with E-state index in [0.717, 1.165) is 6.08 Å². The molecule has 0 aliphatic carbocycles. The van der Waals surface area contributed by atoms with Crippen LogP contribution < -0.4 is 0 Å². The van der Waals surface area contributed by atoms with Crippen LogP contribution in [0.2, 0.25) is 0 Å². The standard InChI is InChI=1S/C10H12O3/c1-3-5-9(12)8(4-2)10(13)6-7-11/h3-7,11-12H,1H2,2H3/b7-6-,8-4+,9-5+. The summed E-state index contributed by atoms with van der Waals surface area (Å²) in [5.74, 6) is -0.624. The van der Waals surface area contributed by atoms with Crippen LogP contribution in [0.25, 0.3) is 0 Å². The number of carbonyl (C=O) groups is 1. The van der Waals surface area contributed by atoms with Gasteiger partial charge >= 0.3 is 0 Å². The third kappa shape index (κ3) is 3.42. The molecule has 13 heavy (non-hydrogen) atoms. The normalized spacial score (nSPS) is 13.3. The summed E-state index contributed by atoms with van der Waals surface area (Å²) in [5.41, 5.74) is 0.130. The number of hydrogen-bond acceptors (Lipinski definition) is 3. The predicted octanol–water partition coefficient (Wildman–Crippen LogP) is 2.20. The highest BCUT2D eigenvalue weighted by Gasteiger charge is 2.08. The zero-order valence-electron chi connectivity index (χ0n) is 7.40. The lowest BCUT2D eigenvalue weighted by molar-refractivity contribution is -0.111. The molecule has 0 amide bonds. The molecule has 0 aliphatic rings. The Labute approximate surface area is 77.0 Å². The average molecular weight is 180 g/mol. The van der Waals surface area contributed by atoms with E-state index in [2.05, 4.69) is 6.58 Å². The van der Waals surface area contributed by atoms with E-state index < -0.39 is 5.78 Å². The molecule has 0 atom stereocenters. The van der Waals surface area contributed by atoms with E-state index in [1.807, 2.05) is 0 Å². The molecule has 0 aliphatic heterocycles. The highest BCUT2D eigenvalue weighted by molar-refractivity contribution is 6.06. The molecular formula is C10H12O3. The summed E-state index contributed by atoms with van der Waals surface area (Å²) in [6, 6.07) is 0. The Balaban J connectivity index is 4.83. The molecule has 0 rings (SSSR count). The first-order valence-electron chi connectivity index (χ1n) is 3.70. The molecule has 0 aromatic heterocycles. The molecule has 2 N–H and O–H groups in total. The van der Waals surface area contributed by atoms with Gasteiger partial charge in [0.05, 0.1) is 11.8 Å². The summed E-state index contributed by atoms with van der Waals surface area (Å²) >= 11 is 0. The van der Waals surface area contributed by atoms with Crippen LogP contribution in [0.5, 0.6) is 0 Å². The van der Waals surface area contributed by atoms with Crippen molar-refractivity contribution in [2.75, 3.05) is 0 Å². The lowest BCUT2D eigenvalue weighted by Crippen LogP contribution is -2.01. The van der Waals surface area contributed by atoms with Gasteiger partial charge in [-0.3, -0.25) is 4.79 Å². The Morgan fingerprint density at radius 2 is 2.08 bits per heavy atom. The number of ketones is 1. The fourth-order valence-corrected chi connectivity index (χ4v) is 0.775. The second-order valence-corrected chi connectivity index (χ2v) is 2.17. The van der Waals surface area contributed by atoms with Gasteiger partial charge < -0.3 is 10.2 Å². The van der Waals surface area contributed by atoms with Crippen molar-refractivity contribution in [3.63, 3.8) is 0 Å². The molecule has 70 valence electrons. The molecule has 0 heterocycles. The van der Waals surface area contributed by atoms with Crippen LogP contribution in [-0.4, -0.2) is 16.0 Å². The molecule has 0 saturated carbocycles. The van der Waals surface area contributed by atoms with Crippen LogP contribution in [-0.2, 0) is 4.79 Å². The minimum absolute atomic E-state index is 0.130. The van der Waals surface area contributed by atoms with Crippen molar-refractivity contribution in [2.45, 2.75) is 6.92 Å². The van der Waals surface area contributed by atoms with E-state index in [-0.39, 0.29) is 11.3 Å². The average Bonchev–Trinajstić information content (AvgIpc) is 2.06.